The Morgan fingerprint density at radius 2 is 0.800 bits per heavy atom. The van der Waals surface area contributed by atoms with E-state index in [-0.39, 0.29) is 0 Å². The number of fused-ring (bicyclic) bond motifs is 12. The standard InChI is InChI=1S/C54H30S/c1-2-9-41-32(6-1)18-25-46-50-29-48-43-11-4-3-10-42(43)47-28-37(21-23-44(47)49(48)30-51(50)55-54(41)46)36-16-12-31-13-17-38(27-39(31)26-36)40-22-19-35-15-14-33-7-5-8-34-20-24-45(40)53(35)52(33)34/h1-30H. The van der Waals surface area contributed by atoms with Crippen molar-refractivity contribution in [3.05, 3.63) is 182 Å². The Hall–Kier alpha value is -6.80. The Morgan fingerprint density at radius 3 is 1.65 bits per heavy atom. The molecule has 0 unspecified atom stereocenters. The Kier molecular flexibility index (Phi) is 5.86. The van der Waals surface area contributed by atoms with Gasteiger partial charge in [0.1, 0.15) is 0 Å². The summed E-state index contributed by atoms with van der Waals surface area (Å²) in [6.07, 6.45) is 0. The molecule has 1 aromatic heterocycles. The molecule has 12 aromatic carbocycles. The molecule has 0 amide bonds. The lowest BCUT2D eigenvalue weighted by Gasteiger charge is -2.15. The fourth-order valence-electron chi connectivity index (χ4n) is 9.71. The van der Waals surface area contributed by atoms with E-state index in [0.29, 0.717) is 0 Å². The van der Waals surface area contributed by atoms with Gasteiger partial charge in [0.05, 0.1) is 0 Å². The van der Waals surface area contributed by atoms with Gasteiger partial charge in [-0.05, 0) is 139 Å². The minimum atomic E-state index is 1.23. The number of thiophene rings is 1. The monoisotopic (exact) mass is 710 g/mol. The van der Waals surface area contributed by atoms with Gasteiger partial charge in [0.2, 0.25) is 0 Å². The van der Waals surface area contributed by atoms with E-state index < -0.39 is 0 Å². The molecular weight excluding hydrogens is 681 g/mol. The molecule has 55 heavy (non-hydrogen) atoms. The summed E-state index contributed by atoms with van der Waals surface area (Å²) < 4.78 is 2.72. The minimum Gasteiger partial charge on any atom is -0.135 e. The van der Waals surface area contributed by atoms with Crippen LogP contribution in [0.25, 0.3) is 129 Å². The molecule has 0 aliphatic rings. The average molecular weight is 711 g/mol. The summed E-state index contributed by atoms with van der Waals surface area (Å²) in [6, 6.07) is 68.6. The topological polar surface area (TPSA) is 0 Å². The van der Waals surface area contributed by atoms with E-state index in [1.54, 1.807) is 0 Å². The zero-order valence-corrected chi connectivity index (χ0v) is 30.5. The fraction of sp³-hybridized carbons (Fsp3) is 0. The maximum absolute atomic E-state index is 2.45. The molecule has 0 N–H and O–H groups in total. The summed E-state index contributed by atoms with van der Waals surface area (Å²) in [5.41, 5.74) is 5.00. The molecule has 0 atom stereocenters. The molecule has 13 aromatic rings. The highest BCUT2D eigenvalue weighted by Gasteiger charge is 2.16. The third-order valence-corrected chi connectivity index (χ3v) is 13.5. The van der Waals surface area contributed by atoms with Crippen LogP contribution in [0.1, 0.15) is 0 Å². The molecule has 0 radical (unpaired) electrons. The Morgan fingerprint density at radius 1 is 0.255 bits per heavy atom. The van der Waals surface area contributed by atoms with Gasteiger partial charge in [-0.2, -0.15) is 0 Å². The Labute approximate surface area is 320 Å². The first kappa shape index (κ1) is 29.6. The Balaban J connectivity index is 0.987. The molecule has 252 valence electrons. The van der Waals surface area contributed by atoms with Gasteiger partial charge in [0.25, 0.3) is 0 Å². The van der Waals surface area contributed by atoms with E-state index in [4.69, 9.17) is 0 Å². The van der Waals surface area contributed by atoms with Crippen LogP contribution in [0.2, 0.25) is 0 Å². The van der Waals surface area contributed by atoms with Gasteiger partial charge in [-0.1, -0.05) is 152 Å². The van der Waals surface area contributed by atoms with Gasteiger partial charge < -0.3 is 0 Å². The molecule has 0 nitrogen and oxygen atoms in total. The first-order chi connectivity index (χ1) is 27.2. The maximum atomic E-state index is 2.45. The van der Waals surface area contributed by atoms with Crippen molar-refractivity contribution in [1.29, 1.82) is 0 Å². The molecule has 0 saturated carbocycles. The van der Waals surface area contributed by atoms with Crippen molar-refractivity contribution in [1.82, 2.24) is 0 Å². The molecular formula is C54H30S. The van der Waals surface area contributed by atoms with Crippen LogP contribution in [0.15, 0.2) is 182 Å². The lowest BCUT2D eigenvalue weighted by Crippen LogP contribution is -1.88. The summed E-state index contributed by atoms with van der Waals surface area (Å²) >= 11 is 1.92. The van der Waals surface area contributed by atoms with Gasteiger partial charge in [-0.25, -0.2) is 0 Å². The van der Waals surface area contributed by atoms with E-state index in [9.17, 15) is 0 Å². The lowest BCUT2D eigenvalue weighted by molar-refractivity contribution is 1.67. The predicted octanol–water partition coefficient (Wildman–Crippen LogP) is 16.1. The van der Waals surface area contributed by atoms with Crippen LogP contribution in [0.3, 0.4) is 0 Å². The predicted molar refractivity (Wildman–Crippen MR) is 241 cm³/mol. The van der Waals surface area contributed by atoms with Crippen LogP contribution < -0.4 is 0 Å². The summed E-state index contributed by atoms with van der Waals surface area (Å²) in [6.45, 7) is 0. The first-order valence-electron chi connectivity index (χ1n) is 19.1. The third kappa shape index (κ3) is 4.16. The number of rotatable bonds is 2. The van der Waals surface area contributed by atoms with Crippen molar-refractivity contribution in [3.63, 3.8) is 0 Å². The van der Waals surface area contributed by atoms with Crippen molar-refractivity contribution in [2.45, 2.75) is 0 Å². The molecule has 1 heterocycles. The van der Waals surface area contributed by atoms with Gasteiger partial charge in [0.15, 0.2) is 0 Å². The van der Waals surface area contributed by atoms with Gasteiger partial charge >= 0.3 is 0 Å². The summed E-state index contributed by atoms with van der Waals surface area (Å²) in [4.78, 5) is 0. The number of hydrogen-bond acceptors (Lipinski definition) is 1. The van der Waals surface area contributed by atoms with Crippen LogP contribution in [0, 0.1) is 0 Å². The van der Waals surface area contributed by atoms with Crippen LogP contribution in [0.4, 0.5) is 0 Å². The number of benzene rings is 12. The van der Waals surface area contributed by atoms with Crippen molar-refractivity contribution in [2.75, 3.05) is 0 Å². The summed E-state index contributed by atoms with van der Waals surface area (Å²) in [7, 11) is 0. The molecule has 0 bridgehead atoms. The smallest absolute Gasteiger partial charge is 0.0433 e. The zero-order chi connectivity index (χ0) is 35.8. The van der Waals surface area contributed by atoms with E-state index in [1.807, 2.05) is 11.3 Å². The first-order valence-corrected chi connectivity index (χ1v) is 19.9. The molecule has 0 aliphatic carbocycles. The van der Waals surface area contributed by atoms with Crippen LogP contribution in [0.5, 0.6) is 0 Å². The molecule has 0 aliphatic heterocycles. The van der Waals surface area contributed by atoms with Crippen LogP contribution in [-0.2, 0) is 0 Å². The van der Waals surface area contributed by atoms with Crippen molar-refractivity contribution in [3.8, 4) is 22.3 Å². The highest BCUT2D eigenvalue weighted by molar-refractivity contribution is 7.26. The van der Waals surface area contributed by atoms with Crippen LogP contribution >= 0.6 is 11.3 Å². The molecule has 13 rings (SSSR count). The molecule has 0 saturated heterocycles. The zero-order valence-electron chi connectivity index (χ0n) is 29.7. The second kappa shape index (κ2) is 10.9. The van der Waals surface area contributed by atoms with Crippen molar-refractivity contribution in [2.24, 2.45) is 0 Å². The van der Waals surface area contributed by atoms with E-state index in [1.165, 1.54) is 129 Å². The fourth-order valence-corrected chi connectivity index (χ4v) is 11.0. The second-order valence-electron chi connectivity index (χ2n) is 15.2. The molecule has 0 spiro atoms. The summed E-state index contributed by atoms with van der Waals surface area (Å²) in [5, 5.41) is 23.6. The van der Waals surface area contributed by atoms with Crippen molar-refractivity contribution >= 4 is 118 Å². The van der Waals surface area contributed by atoms with E-state index in [2.05, 4.69) is 182 Å². The third-order valence-electron chi connectivity index (χ3n) is 12.3. The largest absolute Gasteiger partial charge is 0.135 e. The normalized spacial score (nSPS) is 12.4. The highest BCUT2D eigenvalue weighted by atomic mass is 32.1. The van der Waals surface area contributed by atoms with Gasteiger partial charge in [-0.15, -0.1) is 11.3 Å². The minimum absolute atomic E-state index is 1.23. The lowest BCUT2D eigenvalue weighted by atomic mass is 9.89. The quantitative estimate of drug-likeness (QED) is 0.157. The molecule has 1 heteroatoms. The number of hydrogen-bond donors (Lipinski definition) is 0. The van der Waals surface area contributed by atoms with Gasteiger partial charge in [0, 0.05) is 20.2 Å². The average Bonchev–Trinajstić information content (AvgIpc) is 3.62. The maximum Gasteiger partial charge on any atom is 0.0433 e. The highest BCUT2D eigenvalue weighted by Crippen LogP contribution is 2.45. The van der Waals surface area contributed by atoms with Crippen LogP contribution in [-0.4, -0.2) is 0 Å². The molecule has 0 fully saturated rings. The van der Waals surface area contributed by atoms with E-state index in [0.717, 1.165) is 0 Å². The summed E-state index contributed by atoms with van der Waals surface area (Å²) in [5.74, 6) is 0. The SMILES string of the molecule is c1ccc2c(c1)ccc1c3cc4c5ccccc5c5cc(-c6ccc7ccc(-c8ccc9ccc%10cccc%11ccc8c9c%10%11)cc7c6)ccc5c4cc3sc21. The van der Waals surface area contributed by atoms with Crippen molar-refractivity contribution < 1.29 is 0 Å². The van der Waals surface area contributed by atoms with Gasteiger partial charge in [-0.3, -0.25) is 0 Å². The van der Waals surface area contributed by atoms with E-state index >= 15 is 0 Å². The Bertz CT molecular complexity index is 3750. The second-order valence-corrected chi connectivity index (χ2v) is 16.3.